The minimum Gasteiger partial charge on any atom is -0.351 e. The lowest BCUT2D eigenvalue weighted by atomic mass is 10.3. The van der Waals surface area contributed by atoms with Crippen LogP contribution in [0, 0.1) is 0 Å². The third kappa shape index (κ3) is 5.37. The Morgan fingerprint density at radius 3 is 2.73 bits per heavy atom. The van der Waals surface area contributed by atoms with Crippen molar-refractivity contribution in [1.82, 2.24) is 5.32 Å². The van der Waals surface area contributed by atoms with Gasteiger partial charge in [0, 0.05) is 6.54 Å². The molecule has 0 spiro atoms. The SMILES string of the molecule is Cl.NCCCCNC(=O)c1ccc(Cl)s1. The van der Waals surface area contributed by atoms with Crippen LogP contribution in [0.3, 0.4) is 0 Å². The predicted molar refractivity (Wildman–Crippen MR) is 67.2 cm³/mol. The molecule has 1 aromatic rings. The molecule has 1 heterocycles. The summed E-state index contributed by atoms with van der Waals surface area (Å²) in [5, 5.41) is 2.80. The van der Waals surface area contributed by atoms with Crippen molar-refractivity contribution in [1.29, 1.82) is 0 Å². The molecule has 0 aromatic carbocycles. The Hall–Kier alpha value is -0.290. The normalized spacial score (nSPS) is 9.47. The molecule has 0 aliphatic rings. The zero-order valence-electron chi connectivity index (χ0n) is 8.16. The maximum atomic E-state index is 11.4. The fourth-order valence-electron chi connectivity index (χ4n) is 0.995. The third-order valence-corrected chi connectivity index (χ3v) is 2.94. The molecule has 1 rings (SSSR count). The first kappa shape index (κ1) is 14.7. The number of carbonyl (C=O) groups is 1. The van der Waals surface area contributed by atoms with Crippen molar-refractivity contribution in [2.45, 2.75) is 12.8 Å². The van der Waals surface area contributed by atoms with E-state index in [1.54, 1.807) is 12.1 Å². The van der Waals surface area contributed by atoms with E-state index in [0.717, 1.165) is 12.8 Å². The second-order valence-corrected chi connectivity index (χ2v) is 4.57. The third-order valence-electron chi connectivity index (χ3n) is 1.71. The van der Waals surface area contributed by atoms with Gasteiger partial charge in [-0.2, -0.15) is 0 Å². The lowest BCUT2D eigenvalue weighted by Gasteiger charge is -2.01. The number of carbonyl (C=O) groups excluding carboxylic acids is 1. The number of unbranched alkanes of at least 4 members (excludes halogenated alkanes) is 1. The van der Waals surface area contributed by atoms with E-state index in [4.69, 9.17) is 17.3 Å². The molecule has 15 heavy (non-hydrogen) atoms. The lowest BCUT2D eigenvalue weighted by Crippen LogP contribution is -2.23. The van der Waals surface area contributed by atoms with Crippen LogP contribution in [0.15, 0.2) is 12.1 Å². The average Bonchev–Trinajstić information content (AvgIpc) is 2.59. The van der Waals surface area contributed by atoms with Gasteiger partial charge in [-0.1, -0.05) is 11.6 Å². The Morgan fingerprint density at radius 2 is 2.20 bits per heavy atom. The van der Waals surface area contributed by atoms with Gasteiger partial charge in [-0.05, 0) is 31.5 Å². The number of nitrogens with two attached hydrogens (primary N) is 1. The summed E-state index contributed by atoms with van der Waals surface area (Å²) in [4.78, 5) is 12.1. The van der Waals surface area contributed by atoms with Gasteiger partial charge >= 0.3 is 0 Å². The average molecular weight is 269 g/mol. The number of thiophene rings is 1. The molecule has 0 saturated carbocycles. The molecular formula is C9H14Cl2N2OS. The van der Waals surface area contributed by atoms with Crippen LogP contribution in [0.5, 0.6) is 0 Å². The largest absolute Gasteiger partial charge is 0.351 e. The molecule has 0 saturated heterocycles. The first-order chi connectivity index (χ1) is 6.74. The maximum absolute atomic E-state index is 11.4. The summed E-state index contributed by atoms with van der Waals surface area (Å²) in [7, 11) is 0. The van der Waals surface area contributed by atoms with E-state index in [1.807, 2.05) is 0 Å². The van der Waals surface area contributed by atoms with Crippen LogP contribution in [-0.4, -0.2) is 19.0 Å². The van der Waals surface area contributed by atoms with Gasteiger partial charge in [0.25, 0.3) is 5.91 Å². The summed E-state index contributed by atoms with van der Waals surface area (Å²) in [6.07, 6.45) is 1.85. The van der Waals surface area contributed by atoms with Crippen molar-refractivity contribution < 1.29 is 4.79 Å². The lowest BCUT2D eigenvalue weighted by molar-refractivity contribution is 0.0957. The summed E-state index contributed by atoms with van der Waals surface area (Å²) < 4.78 is 0.636. The van der Waals surface area contributed by atoms with E-state index in [0.29, 0.717) is 22.3 Å². The molecule has 6 heteroatoms. The summed E-state index contributed by atoms with van der Waals surface area (Å²) in [6.45, 7) is 1.34. The smallest absolute Gasteiger partial charge is 0.261 e. The van der Waals surface area contributed by atoms with Crippen molar-refractivity contribution in [3.8, 4) is 0 Å². The van der Waals surface area contributed by atoms with Gasteiger partial charge in [0.15, 0.2) is 0 Å². The van der Waals surface area contributed by atoms with Crippen LogP contribution in [0.4, 0.5) is 0 Å². The number of nitrogens with one attached hydrogen (secondary N) is 1. The fourth-order valence-corrected chi connectivity index (χ4v) is 1.95. The molecule has 0 radical (unpaired) electrons. The van der Waals surface area contributed by atoms with Gasteiger partial charge in [0.05, 0.1) is 9.21 Å². The molecule has 0 unspecified atom stereocenters. The maximum Gasteiger partial charge on any atom is 0.261 e. The summed E-state index contributed by atoms with van der Waals surface area (Å²) in [6, 6.07) is 3.45. The fraction of sp³-hybridized carbons (Fsp3) is 0.444. The Bertz CT molecular complexity index is 304. The highest BCUT2D eigenvalue weighted by atomic mass is 35.5. The van der Waals surface area contributed by atoms with Crippen LogP contribution in [-0.2, 0) is 0 Å². The highest BCUT2D eigenvalue weighted by Gasteiger charge is 2.06. The quantitative estimate of drug-likeness (QED) is 0.806. The molecule has 0 bridgehead atoms. The van der Waals surface area contributed by atoms with Gasteiger partial charge in [-0.15, -0.1) is 23.7 Å². The molecule has 0 aliphatic heterocycles. The van der Waals surface area contributed by atoms with Crippen molar-refractivity contribution in [2.75, 3.05) is 13.1 Å². The van der Waals surface area contributed by atoms with Crippen molar-refractivity contribution in [2.24, 2.45) is 5.73 Å². The zero-order chi connectivity index (χ0) is 10.4. The molecule has 1 amide bonds. The van der Waals surface area contributed by atoms with Crippen LogP contribution in [0.1, 0.15) is 22.5 Å². The van der Waals surface area contributed by atoms with E-state index in [2.05, 4.69) is 5.32 Å². The highest BCUT2D eigenvalue weighted by molar-refractivity contribution is 7.17. The second-order valence-electron chi connectivity index (χ2n) is 2.86. The predicted octanol–water partition coefficient (Wildman–Crippen LogP) is 2.29. The van der Waals surface area contributed by atoms with Gasteiger partial charge in [-0.3, -0.25) is 4.79 Å². The van der Waals surface area contributed by atoms with E-state index >= 15 is 0 Å². The Balaban J connectivity index is 0.00000196. The Morgan fingerprint density at radius 1 is 1.47 bits per heavy atom. The van der Waals surface area contributed by atoms with E-state index in [1.165, 1.54) is 11.3 Å². The van der Waals surface area contributed by atoms with E-state index in [-0.39, 0.29) is 18.3 Å². The Kier molecular flexibility index (Phi) is 7.78. The van der Waals surface area contributed by atoms with Gasteiger partial charge in [-0.25, -0.2) is 0 Å². The van der Waals surface area contributed by atoms with Gasteiger partial charge < -0.3 is 11.1 Å². The van der Waals surface area contributed by atoms with Crippen molar-refractivity contribution in [3.63, 3.8) is 0 Å². The molecule has 0 fully saturated rings. The Labute approximate surface area is 104 Å². The molecule has 0 aliphatic carbocycles. The zero-order valence-corrected chi connectivity index (χ0v) is 10.6. The molecule has 86 valence electrons. The van der Waals surface area contributed by atoms with Gasteiger partial charge in [0.2, 0.25) is 0 Å². The van der Waals surface area contributed by atoms with Crippen LogP contribution >= 0.6 is 35.3 Å². The minimum absolute atomic E-state index is 0. The standard InChI is InChI=1S/C9H13ClN2OS.ClH/c10-8-4-3-7(14-8)9(13)12-6-2-1-5-11;/h3-4H,1-2,5-6,11H2,(H,12,13);1H. The first-order valence-electron chi connectivity index (χ1n) is 4.47. The number of amides is 1. The van der Waals surface area contributed by atoms with Crippen LogP contribution in [0.2, 0.25) is 4.34 Å². The topological polar surface area (TPSA) is 55.1 Å². The summed E-state index contributed by atoms with van der Waals surface area (Å²) in [5.74, 6) is -0.0566. The minimum atomic E-state index is -0.0566. The molecule has 3 N–H and O–H groups in total. The number of rotatable bonds is 5. The van der Waals surface area contributed by atoms with Crippen LogP contribution < -0.4 is 11.1 Å². The molecule has 1 aromatic heterocycles. The molecular weight excluding hydrogens is 255 g/mol. The first-order valence-corrected chi connectivity index (χ1v) is 5.67. The van der Waals surface area contributed by atoms with Crippen molar-refractivity contribution in [3.05, 3.63) is 21.3 Å². The number of hydrogen-bond donors (Lipinski definition) is 2. The van der Waals surface area contributed by atoms with E-state index < -0.39 is 0 Å². The highest BCUT2D eigenvalue weighted by Crippen LogP contribution is 2.20. The van der Waals surface area contributed by atoms with Crippen molar-refractivity contribution >= 4 is 41.3 Å². The monoisotopic (exact) mass is 268 g/mol. The van der Waals surface area contributed by atoms with Gasteiger partial charge in [0.1, 0.15) is 0 Å². The molecule has 0 atom stereocenters. The summed E-state index contributed by atoms with van der Waals surface area (Å²) >= 11 is 7.00. The number of halogens is 2. The second kappa shape index (κ2) is 7.93. The van der Waals surface area contributed by atoms with Crippen LogP contribution in [0.25, 0.3) is 0 Å². The summed E-state index contributed by atoms with van der Waals surface area (Å²) in [5.41, 5.74) is 5.33. The number of hydrogen-bond acceptors (Lipinski definition) is 3. The molecule has 3 nitrogen and oxygen atoms in total. The van der Waals surface area contributed by atoms with E-state index in [9.17, 15) is 4.79 Å².